The fraction of sp³-hybridized carbons (Fsp3) is 0.0500. The maximum atomic E-state index is 13.8. The molecule has 0 aliphatic heterocycles. The van der Waals surface area contributed by atoms with Crippen molar-refractivity contribution in [3.05, 3.63) is 90.5 Å². The summed E-state index contributed by atoms with van der Waals surface area (Å²) in [4.78, 5) is 4.54. The van der Waals surface area contributed by atoms with Crippen molar-refractivity contribution >= 4 is 21.4 Å². The smallest absolute Gasteiger partial charge is 0.237 e. The molecule has 2 heterocycles. The zero-order valence-electron chi connectivity index (χ0n) is 14.2. The summed E-state index contributed by atoms with van der Waals surface area (Å²) in [5.41, 5.74) is 2.58. The number of halogens is 1. The molecule has 7 heteroatoms. The van der Waals surface area contributed by atoms with Gasteiger partial charge in [-0.1, -0.05) is 42.5 Å². The van der Waals surface area contributed by atoms with Gasteiger partial charge in [-0.05, 0) is 24.3 Å². The second-order valence-corrected chi connectivity index (χ2v) is 7.81. The predicted molar refractivity (Wildman–Crippen MR) is 103 cm³/mol. The minimum absolute atomic E-state index is 0.121. The van der Waals surface area contributed by atoms with Crippen molar-refractivity contribution in [3.8, 4) is 11.3 Å². The van der Waals surface area contributed by atoms with Crippen molar-refractivity contribution in [3.63, 3.8) is 0 Å². The third-order valence-corrected chi connectivity index (χ3v) is 5.36. The molecule has 4 rings (SSSR count). The molecule has 0 atom stereocenters. The zero-order chi connectivity index (χ0) is 18.9. The van der Waals surface area contributed by atoms with Gasteiger partial charge in [0.05, 0.1) is 17.1 Å². The van der Waals surface area contributed by atoms with Crippen molar-refractivity contribution in [1.29, 1.82) is 0 Å². The number of imidazole rings is 1. The fourth-order valence-corrected chi connectivity index (χ4v) is 4.11. The zero-order valence-corrected chi connectivity index (χ0v) is 15.0. The van der Waals surface area contributed by atoms with Gasteiger partial charge >= 0.3 is 0 Å². The molecule has 0 aliphatic rings. The molecular formula is C20H16FN3O2S. The van der Waals surface area contributed by atoms with Gasteiger partial charge in [0.15, 0.2) is 0 Å². The molecule has 5 nitrogen and oxygen atoms in total. The summed E-state index contributed by atoms with van der Waals surface area (Å²) in [6.45, 7) is 0. The molecule has 136 valence electrons. The van der Waals surface area contributed by atoms with Gasteiger partial charge in [0.2, 0.25) is 10.0 Å². The van der Waals surface area contributed by atoms with Gasteiger partial charge < -0.3 is 4.40 Å². The second kappa shape index (κ2) is 6.85. The number of hydrogen-bond acceptors (Lipinski definition) is 3. The molecule has 0 saturated carbocycles. The first kappa shape index (κ1) is 17.2. The quantitative estimate of drug-likeness (QED) is 0.566. The van der Waals surface area contributed by atoms with Crippen LogP contribution in [0.4, 0.5) is 10.1 Å². The van der Waals surface area contributed by atoms with Crippen LogP contribution >= 0.6 is 0 Å². The summed E-state index contributed by atoms with van der Waals surface area (Å²) in [6.07, 6.45) is 3.70. The number of nitrogens with one attached hydrogen (secondary N) is 1. The van der Waals surface area contributed by atoms with Crippen LogP contribution in [-0.4, -0.2) is 17.8 Å². The Labute approximate surface area is 156 Å². The molecular weight excluding hydrogens is 365 g/mol. The first-order chi connectivity index (χ1) is 13.0. The van der Waals surface area contributed by atoms with Crippen LogP contribution in [-0.2, 0) is 15.8 Å². The molecule has 2 aromatic heterocycles. The molecule has 4 aromatic rings. The Balaban J connectivity index is 1.68. The normalized spacial score (nSPS) is 11.6. The van der Waals surface area contributed by atoms with E-state index in [1.807, 2.05) is 41.1 Å². The second-order valence-electron chi connectivity index (χ2n) is 6.09. The predicted octanol–water partition coefficient (Wildman–Crippen LogP) is 4.08. The summed E-state index contributed by atoms with van der Waals surface area (Å²) in [5, 5.41) is 0. The maximum Gasteiger partial charge on any atom is 0.237 e. The van der Waals surface area contributed by atoms with Crippen molar-refractivity contribution < 1.29 is 12.8 Å². The Bertz CT molecular complexity index is 1190. The highest BCUT2D eigenvalue weighted by Crippen LogP contribution is 2.28. The molecule has 0 fully saturated rings. The van der Waals surface area contributed by atoms with Gasteiger partial charge in [0.1, 0.15) is 11.5 Å². The number of sulfonamides is 1. The van der Waals surface area contributed by atoms with E-state index < -0.39 is 21.6 Å². The first-order valence-electron chi connectivity index (χ1n) is 8.29. The number of anilines is 1. The summed E-state index contributed by atoms with van der Waals surface area (Å²) in [5.74, 6) is -0.990. The van der Waals surface area contributed by atoms with Crippen LogP contribution in [0.3, 0.4) is 0 Å². The highest BCUT2D eigenvalue weighted by molar-refractivity contribution is 7.91. The molecule has 1 N–H and O–H groups in total. The van der Waals surface area contributed by atoms with Crippen LogP contribution in [0, 0.1) is 5.82 Å². The molecule has 0 aliphatic carbocycles. The van der Waals surface area contributed by atoms with Crippen LogP contribution in [0.5, 0.6) is 0 Å². The lowest BCUT2D eigenvalue weighted by Gasteiger charge is -2.12. The number of pyridine rings is 1. The number of nitrogens with zero attached hydrogens (tertiary/aromatic N) is 2. The molecule has 0 spiro atoms. The van der Waals surface area contributed by atoms with Gasteiger partial charge in [-0.2, -0.15) is 0 Å². The van der Waals surface area contributed by atoms with Crippen molar-refractivity contribution in [2.24, 2.45) is 0 Å². The molecule has 0 unspecified atom stereocenters. The van der Waals surface area contributed by atoms with E-state index in [0.29, 0.717) is 16.9 Å². The molecule has 0 bridgehead atoms. The lowest BCUT2D eigenvalue weighted by molar-refractivity contribution is 0.591. The van der Waals surface area contributed by atoms with E-state index in [2.05, 4.69) is 9.71 Å². The van der Waals surface area contributed by atoms with Crippen LogP contribution < -0.4 is 4.72 Å². The Hall–Kier alpha value is -3.19. The third-order valence-electron chi connectivity index (χ3n) is 4.14. The van der Waals surface area contributed by atoms with Gasteiger partial charge in [-0.15, -0.1) is 0 Å². The number of rotatable bonds is 5. The standard InChI is InChI=1S/C20H16FN3O2S/c21-17-9-3-1-7-15(17)14-27(25,26)23-18-10-4-2-8-16(18)19-13-24-12-6-5-11-20(24)22-19/h1-13,23H,14H2. The van der Waals surface area contributed by atoms with E-state index in [-0.39, 0.29) is 5.56 Å². The molecule has 0 radical (unpaired) electrons. The van der Waals surface area contributed by atoms with Crippen LogP contribution in [0.2, 0.25) is 0 Å². The Morgan fingerprint density at radius 3 is 2.52 bits per heavy atom. The fourth-order valence-electron chi connectivity index (χ4n) is 2.88. The number of hydrogen-bond donors (Lipinski definition) is 1. The van der Waals surface area contributed by atoms with E-state index in [1.165, 1.54) is 18.2 Å². The number of aromatic nitrogens is 2. The largest absolute Gasteiger partial charge is 0.306 e. The number of benzene rings is 2. The minimum atomic E-state index is -3.80. The van der Waals surface area contributed by atoms with Crippen LogP contribution in [0.1, 0.15) is 5.56 Å². The Morgan fingerprint density at radius 2 is 1.70 bits per heavy atom. The molecule has 2 aromatic carbocycles. The summed E-state index contributed by atoms with van der Waals surface area (Å²) < 4.78 is 43.4. The summed E-state index contributed by atoms with van der Waals surface area (Å²) in [6, 6.07) is 18.5. The average molecular weight is 381 g/mol. The topological polar surface area (TPSA) is 63.5 Å². The van der Waals surface area contributed by atoms with E-state index in [0.717, 1.165) is 5.65 Å². The van der Waals surface area contributed by atoms with Gasteiger partial charge in [-0.3, -0.25) is 4.72 Å². The first-order valence-corrected chi connectivity index (χ1v) is 9.94. The summed E-state index contributed by atoms with van der Waals surface area (Å²) >= 11 is 0. The Morgan fingerprint density at radius 1 is 0.963 bits per heavy atom. The molecule has 0 amide bonds. The van der Waals surface area contributed by atoms with Crippen LogP contribution in [0.25, 0.3) is 16.9 Å². The van der Waals surface area contributed by atoms with E-state index in [1.54, 1.807) is 24.3 Å². The van der Waals surface area contributed by atoms with Crippen molar-refractivity contribution in [2.75, 3.05) is 4.72 Å². The minimum Gasteiger partial charge on any atom is -0.306 e. The highest BCUT2D eigenvalue weighted by Gasteiger charge is 2.17. The Kier molecular flexibility index (Phi) is 4.37. The molecule has 27 heavy (non-hydrogen) atoms. The van der Waals surface area contributed by atoms with Gasteiger partial charge in [-0.25, -0.2) is 17.8 Å². The van der Waals surface area contributed by atoms with Gasteiger partial charge in [0.25, 0.3) is 0 Å². The maximum absolute atomic E-state index is 13.8. The SMILES string of the molecule is O=S(=O)(Cc1ccccc1F)Nc1ccccc1-c1cn2ccccc2n1. The van der Waals surface area contributed by atoms with E-state index in [4.69, 9.17) is 0 Å². The monoisotopic (exact) mass is 381 g/mol. The number of fused-ring (bicyclic) bond motifs is 1. The van der Waals surface area contributed by atoms with Crippen molar-refractivity contribution in [1.82, 2.24) is 9.38 Å². The molecule has 0 saturated heterocycles. The van der Waals surface area contributed by atoms with E-state index >= 15 is 0 Å². The van der Waals surface area contributed by atoms with Gasteiger partial charge in [0, 0.05) is 23.5 Å². The third kappa shape index (κ3) is 3.68. The average Bonchev–Trinajstić information content (AvgIpc) is 3.07. The summed E-state index contributed by atoms with van der Waals surface area (Å²) in [7, 11) is -3.80. The lowest BCUT2D eigenvalue weighted by Crippen LogP contribution is -2.16. The van der Waals surface area contributed by atoms with E-state index in [9.17, 15) is 12.8 Å². The highest BCUT2D eigenvalue weighted by atomic mass is 32.2. The number of para-hydroxylation sites is 1. The van der Waals surface area contributed by atoms with Crippen LogP contribution in [0.15, 0.2) is 79.1 Å². The van der Waals surface area contributed by atoms with Crippen molar-refractivity contribution in [2.45, 2.75) is 5.75 Å². The lowest BCUT2D eigenvalue weighted by atomic mass is 10.1.